The molecule has 0 radical (unpaired) electrons. The first-order chi connectivity index (χ1) is 17.0. The third kappa shape index (κ3) is 10.5. The Hall–Kier alpha value is -3.39. The smallest absolute Gasteiger partial charge is 0.407 e. The van der Waals surface area contributed by atoms with Crippen LogP contribution in [0.3, 0.4) is 0 Å². The van der Waals surface area contributed by atoms with Crippen molar-refractivity contribution in [3.05, 3.63) is 59.7 Å². The highest BCUT2D eigenvalue weighted by molar-refractivity contribution is 5.74. The van der Waals surface area contributed by atoms with Gasteiger partial charge in [-0.2, -0.15) is 0 Å². The summed E-state index contributed by atoms with van der Waals surface area (Å²) in [5.74, 6) is -0.688. The van der Waals surface area contributed by atoms with Crippen LogP contribution in [-0.4, -0.2) is 42.3 Å². The van der Waals surface area contributed by atoms with Gasteiger partial charge in [0.2, 0.25) is 5.91 Å². The second kappa shape index (κ2) is 13.6. The molecule has 0 aliphatic carbocycles. The number of primary amides is 1. The van der Waals surface area contributed by atoms with E-state index in [1.165, 1.54) is 0 Å². The molecule has 0 fully saturated rings. The molecule has 2 rings (SSSR count). The summed E-state index contributed by atoms with van der Waals surface area (Å²) in [4.78, 5) is 35.3. The zero-order valence-electron chi connectivity index (χ0n) is 21.8. The summed E-state index contributed by atoms with van der Waals surface area (Å²) in [5.41, 5.74) is 8.54. The van der Waals surface area contributed by atoms with E-state index in [0.29, 0.717) is 19.6 Å². The number of hydrogen-bond acceptors (Lipinski definition) is 6. The van der Waals surface area contributed by atoms with E-state index in [4.69, 9.17) is 19.9 Å². The fourth-order valence-corrected chi connectivity index (χ4v) is 3.56. The third-order valence-corrected chi connectivity index (χ3v) is 5.35. The number of carbonyl (C=O) groups is 3. The van der Waals surface area contributed by atoms with E-state index in [-0.39, 0.29) is 24.9 Å². The molecular formula is C28H38N2O6. The van der Waals surface area contributed by atoms with E-state index in [2.05, 4.69) is 5.32 Å². The molecule has 0 bridgehead atoms. The van der Waals surface area contributed by atoms with Crippen LogP contribution in [0.25, 0.3) is 11.1 Å². The van der Waals surface area contributed by atoms with Crippen molar-refractivity contribution in [1.29, 1.82) is 0 Å². The molecule has 8 heteroatoms. The topological polar surface area (TPSA) is 117 Å². The number of nitrogens with one attached hydrogen (secondary N) is 1. The van der Waals surface area contributed by atoms with E-state index in [0.717, 1.165) is 22.3 Å². The van der Waals surface area contributed by atoms with Crippen LogP contribution in [0.4, 0.5) is 4.79 Å². The van der Waals surface area contributed by atoms with E-state index in [1.54, 1.807) is 27.7 Å². The Balaban J connectivity index is 2.00. The predicted molar refractivity (Wildman–Crippen MR) is 138 cm³/mol. The first-order valence-corrected chi connectivity index (χ1v) is 12.2. The number of amides is 2. The highest BCUT2D eigenvalue weighted by atomic mass is 16.6. The minimum Gasteiger partial charge on any atom is -0.466 e. The Morgan fingerprint density at radius 2 is 1.69 bits per heavy atom. The molecule has 0 aliphatic rings. The predicted octanol–water partition coefficient (Wildman–Crippen LogP) is 4.52. The summed E-state index contributed by atoms with van der Waals surface area (Å²) in [5, 5.41) is 2.80. The van der Waals surface area contributed by atoms with Crippen molar-refractivity contribution in [2.24, 2.45) is 5.73 Å². The SMILES string of the molecule is CCOC(=O)Cc1cccc(-c2ccc(CO[C@H](C)[C@H](CCC(N)=O)NC(=O)OC(C)(C)C)cc2)c1. The normalized spacial score (nSPS) is 12.9. The minimum absolute atomic E-state index is 0.123. The van der Waals surface area contributed by atoms with Gasteiger partial charge in [0.05, 0.1) is 31.8 Å². The molecule has 0 unspecified atom stereocenters. The largest absolute Gasteiger partial charge is 0.466 e. The molecule has 0 saturated carbocycles. The molecule has 0 spiro atoms. The molecular weight excluding hydrogens is 460 g/mol. The summed E-state index contributed by atoms with van der Waals surface area (Å²) >= 11 is 0. The van der Waals surface area contributed by atoms with Gasteiger partial charge in [-0.15, -0.1) is 0 Å². The number of alkyl carbamates (subject to hydrolysis) is 1. The van der Waals surface area contributed by atoms with Crippen molar-refractivity contribution in [2.75, 3.05) is 6.61 Å². The lowest BCUT2D eigenvalue weighted by atomic mass is 10.0. The molecule has 0 saturated heterocycles. The standard InChI is InChI=1S/C28H38N2O6/c1-6-34-26(32)17-21-8-7-9-23(16-21)22-12-10-20(11-13-22)18-35-19(2)24(14-15-25(29)31)30-27(33)36-28(3,4)5/h7-13,16,19,24H,6,14-15,17-18H2,1-5H3,(H2,29,31)(H,30,33)/t19-,24+/m1/s1. The van der Waals surface area contributed by atoms with Gasteiger partial charge in [0, 0.05) is 6.42 Å². The van der Waals surface area contributed by atoms with E-state index >= 15 is 0 Å². The second-order valence-corrected chi connectivity index (χ2v) is 9.65. The number of carbonyl (C=O) groups excluding carboxylic acids is 3. The van der Waals surface area contributed by atoms with Gasteiger partial charge in [0.25, 0.3) is 0 Å². The van der Waals surface area contributed by atoms with Crippen LogP contribution in [0.5, 0.6) is 0 Å². The summed E-state index contributed by atoms with van der Waals surface area (Å²) in [7, 11) is 0. The molecule has 2 aromatic carbocycles. The molecule has 0 aromatic heterocycles. The van der Waals surface area contributed by atoms with Gasteiger partial charge in [-0.25, -0.2) is 4.79 Å². The highest BCUT2D eigenvalue weighted by Crippen LogP contribution is 2.22. The molecule has 0 aliphatic heterocycles. The number of rotatable bonds is 12. The number of esters is 1. The van der Waals surface area contributed by atoms with Crippen molar-refractivity contribution in [2.45, 2.75) is 78.2 Å². The van der Waals surface area contributed by atoms with Crippen molar-refractivity contribution >= 4 is 18.0 Å². The fourth-order valence-electron chi connectivity index (χ4n) is 3.56. The van der Waals surface area contributed by atoms with Crippen LogP contribution in [0, 0.1) is 0 Å². The molecule has 36 heavy (non-hydrogen) atoms. The Bertz CT molecular complexity index is 1010. The molecule has 196 valence electrons. The van der Waals surface area contributed by atoms with Crippen LogP contribution >= 0.6 is 0 Å². The molecule has 2 amide bonds. The van der Waals surface area contributed by atoms with Gasteiger partial charge >= 0.3 is 12.1 Å². The van der Waals surface area contributed by atoms with Crippen LogP contribution in [0.2, 0.25) is 0 Å². The van der Waals surface area contributed by atoms with E-state index in [1.807, 2.05) is 55.5 Å². The number of ether oxygens (including phenoxy) is 3. The molecule has 3 N–H and O–H groups in total. The molecule has 8 nitrogen and oxygen atoms in total. The van der Waals surface area contributed by atoms with Crippen molar-refractivity contribution < 1.29 is 28.6 Å². The maximum absolute atomic E-state index is 12.2. The summed E-state index contributed by atoms with van der Waals surface area (Å²) in [6.45, 7) is 9.67. The van der Waals surface area contributed by atoms with Crippen molar-refractivity contribution in [1.82, 2.24) is 5.32 Å². The minimum atomic E-state index is -0.636. The second-order valence-electron chi connectivity index (χ2n) is 9.65. The lowest BCUT2D eigenvalue weighted by molar-refractivity contribution is -0.142. The number of nitrogens with two attached hydrogens (primary N) is 1. The lowest BCUT2D eigenvalue weighted by Gasteiger charge is -2.27. The maximum atomic E-state index is 12.2. The fraction of sp³-hybridized carbons (Fsp3) is 0.464. The van der Waals surface area contributed by atoms with Crippen LogP contribution in [0.15, 0.2) is 48.5 Å². The average Bonchev–Trinajstić information content (AvgIpc) is 2.79. The monoisotopic (exact) mass is 498 g/mol. The number of benzene rings is 2. The maximum Gasteiger partial charge on any atom is 0.407 e. The van der Waals surface area contributed by atoms with Crippen LogP contribution < -0.4 is 11.1 Å². The molecule has 2 atom stereocenters. The first kappa shape index (κ1) is 28.8. The first-order valence-electron chi connectivity index (χ1n) is 12.2. The number of hydrogen-bond donors (Lipinski definition) is 2. The van der Waals surface area contributed by atoms with E-state index in [9.17, 15) is 14.4 Å². The Labute approximate surface area is 213 Å². The summed E-state index contributed by atoms with van der Waals surface area (Å²) < 4.78 is 16.4. The van der Waals surface area contributed by atoms with Gasteiger partial charge in [-0.05, 0) is 63.3 Å². The summed E-state index contributed by atoms with van der Waals surface area (Å²) in [6, 6.07) is 15.3. The Morgan fingerprint density at radius 3 is 2.31 bits per heavy atom. The van der Waals surface area contributed by atoms with Crippen LogP contribution in [-0.2, 0) is 36.8 Å². The van der Waals surface area contributed by atoms with Gasteiger partial charge in [0.1, 0.15) is 5.60 Å². The molecule has 0 heterocycles. The zero-order chi connectivity index (χ0) is 26.7. The van der Waals surface area contributed by atoms with Gasteiger partial charge in [-0.1, -0.05) is 48.5 Å². The quantitative estimate of drug-likeness (QED) is 0.416. The van der Waals surface area contributed by atoms with Crippen molar-refractivity contribution in [3.8, 4) is 11.1 Å². The lowest BCUT2D eigenvalue weighted by Crippen LogP contribution is -2.45. The van der Waals surface area contributed by atoms with Gasteiger partial charge < -0.3 is 25.3 Å². The van der Waals surface area contributed by atoms with Gasteiger partial charge in [-0.3, -0.25) is 9.59 Å². The van der Waals surface area contributed by atoms with Gasteiger partial charge in [0.15, 0.2) is 0 Å². The zero-order valence-corrected chi connectivity index (χ0v) is 21.8. The molecule has 2 aromatic rings. The van der Waals surface area contributed by atoms with Crippen molar-refractivity contribution in [3.63, 3.8) is 0 Å². The average molecular weight is 499 g/mol. The summed E-state index contributed by atoms with van der Waals surface area (Å²) in [6.07, 6.45) is -0.243. The highest BCUT2D eigenvalue weighted by Gasteiger charge is 2.24. The Kier molecular flexibility index (Phi) is 10.9. The van der Waals surface area contributed by atoms with Crippen LogP contribution in [0.1, 0.15) is 58.6 Å². The van der Waals surface area contributed by atoms with E-state index < -0.39 is 23.6 Å². The Morgan fingerprint density at radius 1 is 1.00 bits per heavy atom. The third-order valence-electron chi connectivity index (χ3n) is 5.35.